The van der Waals surface area contributed by atoms with Gasteiger partial charge in [0.1, 0.15) is 5.82 Å². The highest BCUT2D eigenvalue weighted by Gasteiger charge is 2.41. The summed E-state index contributed by atoms with van der Waals surface area (Å²) in [4.78, 5) is 52.3. The Bertz CT molecular complexity index is 1310. The van der Waals surface area contributed by atoms with Crippen molar-refractivity contribution < 1.29 is 33.0 Å². The van der Waals surface area contributed by atoms with Gasteiger partial charge in [-0.15, -0.1) is 12.4 Å². The Hall–Kier alpha value is -3.02. The number of ether oxygens (including phenoxy) is 2. The first-order valence-electron chi connectivity index (χ1n) is 14.0. The van der Waals surface area contributed by atoms with Crippen molar-refractivity contribution >= 4 is 53.1 Å². The molecule has 2 heterocycles. The average molecular weight is 622 g/mol. The van der Waals surface area contributed by atoms with Gasteiger partial charge in [-0.1, -0.05) is 30.0 Å². The molecule has 3 unspecified atom stereocenters. The van der Waals surface area contributed by atoms with Crippen molar-refractivity contribution in [1.29, 1.82) is 0 Å². The molecule has 1 aliphatic carbocycles. The minimum absolute atomic E-state index is 0. The molecule has 1 aromatic carbocycles. The molecule has 4 rings (SSSR count). The summed E-state index contributed by atoms with van der Waals surface area (Å²) in [6.07, 6.45) is 5.43. The van der Waals surface area contributed by atoms with E-state index in [2.05, 4.69) is 5.10 Å². The van der Waals surface area contributed by atoms with Gasteiger partial charge in [-0.3, -0.25) is 24.0 Å². The first-order chi connectivity index (χ1) is 19.7. The van der Waals surface area contributed by atoms with Gasteiger partial charge in [0.15, 0.2) is 16.9 Å². The Morgan fingerprint density at radius 1 is 1.10 bits per heavy atom. The maximum Gasteiger partial charge on any atom is 0.331 e. The molecule has 0 bridgehead atoms. The first-order valence-corrected chi connectivity index (χ1v) is 14.9. The van der Waals surface area contributed by atoms with Gasteiger partial charge >= 0.3 is 11.9 Å². The van der Waals surface area contributed by atoms with Gasteiger partial charge in [0.2, 0.25) is 0 Å². The molecule has 1 saturated heterocycles. The number of thioether (sulfide) groups is 1. The molecule has 1 saturated carbocycles. The van der Waals surface area contributed by atoms with Crippen LogP contribution in [0.3, 0.4) is 0 Å². The van der Waals surface area contributed by atoms with E-state index >= 15 is 0 Å². The third-order valence-electron chi connectivity index (χ3n) is 7.11. The second-order valence-electron chi connectivity index (χ2n) is 10.2. The predicted molar refractivity (Wildman–Crippen MR) is 159 cm³/mol. The number of carbonyl (C=O) groups is 4. The fourth-order valence-corrected chi connectivity index (χ4v) is 6.01. The van der Waals surface area contributed by atoms with Gasteiger partial charge < -0.3 is 9.47 Å². The molecule has 0 N–H and O–H groups in total. The molecule has 3 atom stereocenters. The molecular weight excluding hydrogens is 585 g/mol. The number of carbonyl (C=O) groups excluding carboxylic acids is 4. The van der Waals surface area contributed by atoms with Crippen molar-refractivity contribution in [3.63, 3.8) is 0 Å². The number of hydrogen-bond acceptors (Lipinski definition) is 9. The molecule has 0 radical (unpaired) electrons. The van der Waals surface area contributed by atoms with Crippen LogP contribution in [-0.2, 0) is 28.7 Å². The molecule has 2 aliphatic rings. The van der Waals surface area contributed by atoms with Crippen molar-refractivity contribution in [3.05, 3.63) is 59.2 Å². The van der Waals surface area contributed by atoms with E-state index in [1.807, 2.05) is 11.0 Å². The minimum atomic E-state index is -0.993. The maximum absolute atomic E-state index is 14.9. The maximum atomic E-state index is 14.9. The van der Waals surface area contributed by atoms with Crippen LogP contribution in [0.5, 0.6) is 0 Å². The van der Waals surface area contributed by atoms with E-state index < -0.39 is 29.8 Å². The van der Waals surface area contributed by atoms with Crippen molar-refractivity contribution in [1.82, 2.24) is 14.7 Å². The second-order valence-corrected chi connectivity index (χ2v) is 11.6. The summed E-state index contributed by atoms with van der Waals surface area (Å²) in [5.74, 6) is -1.59. The van der Waals surface area contributed by atoms with E-state index in [9.17, 15) is 23.6 Å². The topological polar surface area (TPSA) is 108 Å². The molecule has 1 aromatic heterocycles. The number of piperidine rings is 1. The van der Waals surface area contributed by atoms with Crippen molar-refractivity contribution in [2.75, 3.05) is 26.3 Å². The molecular formula is C30H37ClFN3O6S. The summed E-state index contributed by atoms with van der Waals surface area (Å²) >= 11 is 1.22. The Balaban J connectivity index is 0.00000484. The summed E-state index contributed by atoms with van der Waals surface area (Å²) in [6.45, 7) is 6.10. The number of nitrogens with zero attached hydrogens (tertiary/aromatic N) is 3. The third-order valence-corrected chi connectivity index (χ3v) is 8.26. The van der Waals surface area contributed by atoms with Crippen LogP contribution in [-0.4, -0.2) is 69.1 Å². The summed E-state index contributed by atoms with van der Waals surface area (Å²) in [6, 6.07) is 6.40. The number of esters is 2. The van der Waals surface area contributed by atoms with Crippen molar-refractivity contribution in [2.45, 2.75) is 63.8 Å². The van der Waals surface area contributed by atoms with E-state index in [1.165, 1.54) is 29.4 Å². The normalized spacial score (nSPS) is 19.4. The Labute approximate surface area is 255 Å². The van der Waals surface area contributed by atoms with Gasteiger partial charge in [0.05, 0.1) is 31.4 Å². The van der Waals surface area contributed by atoms with Crippen LogP contribution in [0.15, 0.2) is 42.1 Å². The molecule has 0 spiro atoms. The number of halogens is 2. The van der Waals surface area contributed by atoms with E-state index in [0.29, 0.717) is 30.8 Å². The molecule has 1 aliphatic heterocycles. The summed E-state index contributed by atoms with van der Waals surface area (Å²) in [5.41, 5.74) is 1.75. The number of benzene rings is 1. The number of likely N-dealkylation sites (tertiary alicyclic amines) is 1. The molecule has 0 amide bonds. The zero-order chi connectivity index (χ0) is 29.5. The number of Topliss-reactive ketones (excluding diaryl/α,β-unsaturated/α-hetero) is 1. The van der Waals surface area contributed by atoms with Gasteiger partial charge in [-0.05, 0) is 56.9 Å². The smallest absolute Gasteiger partial charge is 0.331 e. The summed E-state index contributed by atoms with van der Waals surface area (Å²) < 4.78 is 26.5. The van der Waals surface area contributed by atoms with E-state index in [-0.39, 0.29) is 54.1 Å². The van der Waals surface area contributed by atoms with E-state index in [0.717, 1.165) is 18.4 Å². The molecule has 2 fully saturated rings. The molecule has 9 nitrogen and oxygen atoms in total. The average Bonchev–Trinajstić information content (AvgIpc) is 3.69. The summed E-state index contributed by atoms with van der Waals surface area (Å²) in [5, 5.41) is 4.36. The van der Waals surface area contributed by atoms with Gasteiger partial charge in [0, 0.05) is 42.9 Å². The number of aromatic nitrogens is 2. The fourth-order valence-electron chi connectivity index (χ4n) is 5.09. The zero-order valence-corrected chi connectivity index (χ0v) is 25.6. The van der Waals surface area contributed by atoms with Crippen molar-refractivity contribution in [2.24, 2.45) is 5.92 Å². The zero-order valence-electron chi connectivity index (χ0n) is 24.0. The number of rotatable bonds is 12. The lowest BCUT2D eigenvalue weighted by Crippen LogP contribution is -2.43. The standard InChI is InChI=1S/C30H36FN3O6S.ClH/c1-4-39-27(36)17-25(30(38)40-5-2)34-15-12-22(32-34)16-21-18-33(14-13-26(21)41-19(3)35)28(29(37)20-10-11-20)23-8-6-7-9-24(23)31;/h6-9,12,15-16,20,25-26,28H,4-5,10-11,13-14,17-18H2,1-3H3;1H/b21-16+;. The van der Waals surface area contributed by atoms with Crippen LogP contribution < -0.4 is 0 Å². The second kappa shape index (κ2) is 15.5. The molecule has 228 valence electrons. The van der Waals surface area contributed by atoms with Crippen LogP contribution in [0.25, 0.3) is 6.08 Å². The highest BCUT2D eigenvalue weighted by Crippen LogP contribution is 2.40. The van der Waals surface area contributed by atoms with Crippen LogP contribution in [0.1, 0.15) is 69.8 Å². The van der Waals surface area contributed by atoms with Crippen molar-refractivity contribution in [3.8, 4) is 0 Å². The Kier molecular flexibility index (Phi) is 12.3. The highest BCUT2D eigenvalue weighted by atomic mass is 35.5. The quantitative estimate of drug-likeness (QED) is 0.304. The highest BCUT2D eigenvalue weighted by molar-refractivity contribution is 8.14. The summed E-state index contributed by atoms with van der Waals surface area (Å²) in [7, 11) is 0. The Morgan fingerprint density at radius 3 is 2.45 bits per heavy atom. The Morgan fingerprint density at radius 2 is 1.81 bits per heavy atom. The first kappa shape index (κ1) is 33.5. The lowest BCUT2D eigenvalue weighted by atomic mass is 9.93. The molecule has 12 heteroatoms. The van der Waals surface area contributed by atoms with Crippen LogP contribution in [0.2, 0.25) is 0 Å². The van der Waals surface area contributed by atoms with Gasteiger partial charge in [-0.25, -0.2) is 9.18 Å². The monoisotopic (exact) mass is 621 g/mol. The lowest BCUT2D eigenvalue weighted by Gasteiger charge is -2.38. The molecule has 2 aromatic rings. The lowest BCUT2D eigenvalue weighted by molar-refractivity contribution is -0.154. The fraction of sp³-hybridized carbons (Fsp3) is 0.500. The van der Waals surface area contributed by atoms with Crippen LogP contribution in [0, 0.1) is 11.7 Å². The third kappa shape index (κ3) is 8.52. The largest absolute Gasteiger partial charge is 0.466 e. The van der Waals surface area contributed by atoms with E-state index in [1.54, 1.807) is 44.3 Å². The van der Waals surface area contributed by atoms with E-state index in [4.69, 9.17) is 9.47 Å². The van der Waals surface area contributed by atoms with Crippen LogP contribution in [0.4, 0.5) is 4.39 Å². The number of hydrogen-bond donors (Lipinski definition) is 0. The SMILES string of the molecule is CCOC(=O)CC(C(=O)OCC)n1ccc(/C=C2\CN(C(C(=O)C3CC3)c3ccccc3F)CCC2SC(C)=O)n1.Cl. The molecule has 42 heavy (non-hydrogen) atoms. The van der Waals surface area contributed by atoms with Gasteiger partial charge in [0.25, 0.3) is 0 Å². The number of ketones is 1. The van der Waals surface area contributed by atoms with Crippen LogP contribution >= 0.6 is 24.2 Å². The predicted octanol–water partition coefficient (Wildman–Crippen LogP) is 4.96. The minimum Gasteiger partial charge on any atom is -0.466 e. The van der Waals surface area contributed by atoms with Gasteiger partial charge in [-0.2, -0.15) is 5.10 Å².